The molecule has 22 heavy (non-hydrogen) atoms. The zero-order valence-electron chi connectivity index (χ0n) is 12.2. The fourth-order valence-electron chi connectivity index (χ4n) is 2.13. The quantitative estimate of drug-likeness (QED) is 0.806. The van der Waals surface area contributed by atoms with Crippen LogP contribution in [0.3, 0.4) is 0 Å². The van der Waals surface area contributed by atoms with E-state index in [0.29, 0.717) is 13.1 Å². The van der Waals surface area contributed by atoms with Gasteiger partial charge in [-0.15, -0.1) is 12.4 Å². The van der Waals surface area contributed by atoms with E-state index in [-0.39, 0.29) is 18.3 Å². The molecule has 118 valence electrons. The second kappa shape index (κ2) is 7.91. The molecular formula is C15H20ClN5O. The van der Waals surface area contributed by atoms with Gasteiger partial charge in [0.15, 0.2) is 0 Å². The average Bonchev–Trinajstić information content (AvgIpc) is 3.16. The molecular weight excluding hydrogens is 302 g/mol. The molecule has 0 bridgehead atoms. The fourth-order valence-corrected chi connectivity index (χ4v) is 2.13. The van der Waals surface area contributed by atoms with Crippen molar-refractivity contribution in [1.82, 2.24) is 25.4 Å². The Morgan fingerprint density at radius 1 is 1.36 bits per heavy atom. The van der Waals surface area contributed by atoms with Gasteiger partial charge in [-0.3, -0.25) is 4.79 Å². The number of amides is 1. The molecule has 1 aromatic heterocycles. The summed E-state index contributed by atoms with van der Waals surface area (Å²) in [6.45, 7) is 1.86. The van der Waals surface area contributed by atoms with Gasteiger partial charge in [0.2, 0.25) is 5.91 Å². The molecule has 0 radical (unpaired) electrons. The van der Waals surface area contributed by atoms with E-state index in [9.17, 15) is 4.79 Å². The summed E-state index contributed by atoms with van der Waals surface area (Å²) < 4.78 is 1.70. The van der Waals surface area contributed by atoms with E-state index in [1.54, 1.807) is 11.0 Å². The Hall–Kier alpha value is -1.92. The number of hydrogen-bond donors (Lipinski definition) is 2. The second-order valence-corrected chi connectivity index (χ2v) is 5.36. The lowest BCUT2D eigenvalue weighted by molar-refractivity contribution is -0.120. The Morgan fingerprint density at radius 2 is 2.23 bits per heavy atom. The van der Waals surface area contributed by atoms with Crippen LogP contribution in [-0.2, 0) is 11.3 Å². The van der Waals surface area contributed by atoms with E-state index in [2.05, 4.69) is 20.7 Å². The third-order valence-electron chi connectivity index (χ3n) is 3.50. The molecule has 6 nitrogen and oxygen atoms in total. The van der Waals surface area contributed by atoms with Gasteiger partial charge in [0.05, 0.1) is 12.2 Å². The summed E-state index contributed by atoms with van der Waals surface area (Å²) in [6, 6.07) is 7.88. The third kappa shape index (κ3) is 4.82. The minimum atomic E-state index is 0. The average molecular weight is 322 g/mol. The van der Waals surface area contributed by atoms with Crippen LogP contribution >= 0.6 is 12.4 Å². The Bertz CT molecular complexity index is 598. The maximum atomic E-state index is 11.7. The van der Waals surface area contributed by atoms with Crippen LogP contribution in [0.4, 0.5) is 0 Å². The minimum Gasteiger partial charge on any atom is -0.351 e. The summed E-state index contributed by atoms with van der Waals surface area (Å²) in [4.78, 5) is 15.7. The number of nitrogens with zero attached hydrogens (tertiary/aromatic N) is 3. The first-order chi connectivity index (χ1) is 10.3. The topological polar surface area (TPSA) is 71.8 Å². The molecule has 0 aliphatic heterocycles. The van der Waals surface area contributed by atoms with E-state index in [0.717, 1.165) is 23.7 Å². The maximum Gasteiger partial charge on any atom is 0.234 e. The van der Waals surface area contributed by atoms with Crippen LogP contribution in [-0.4, -0.2) is 33.8 Å². The van der Waals surface area contributed by atoms with Gasteiger partial charge in [0.25, 0.3) is 0 Å². The van der Waals surface area contributed by atoms with Crippen LogP contribution in [0, 0.1) is 5.92 Å². The minimum absolute atomic E-state index is 0. The number of benzene rings is 1. The van der Waals surface area contributed by atoms with Crippen LogP contribution in [0.5, 0.6) is 0 Å². The van der Waals surface area contributed by atoms with Crippen molar-refractivity contribution in [3.05, 3.63) is 42.5 Å². The standard InChI is InChI=1S/C15H19N5O.ClH/c21-15(9-16-7-12-4-5-12)18-8-13-2-1-3-14(6-13)20-11-17-10-19-20;/h1-3,6,10-12,16H,4-5,7-9H2,(H,18,21);1H. The highest BCUT2D eigenvalue weighted by molar-refractivity contribution is 5.85. The van der Waals surface area contributed by atoms with Gasteiger partial charge in [-0.1, -0.05) is 12.1 Å². The van der Waals surface area contributed by atoms with E-state index in [1.807, 2.05) is 24.3 Å². The molecule has 1 saturated carbocycles. The van der Waals surface area contributed by atoms with E-state index < -0.39 is 0 Å². The molecule has 0 atom stereocenters. The molecule has 3 rings (SSSR count). The van der Waals surface area contributed by atoms with E-state index >= 15 is 0 Å². The molecule has 0 spiro atoms. The molecule has 7 heteroatoms. The molecule has 0 saturated heterocycles. The van der Waals surface area contributed by atoms with E-state index in [1.165, 1.54) is 19.2 Å². The molecule has 1 heterocycles. The van der Waals surface area contributed by atoms with Gasteiger partial charge in [-0.05, 0) is 43.0 Å². The predicted octanol–water partition coefficient (Wildman–Crippen LogP) is 1.30. The van der Waals surface area contributed by atoms with Gasteiger partial charge < -0.3 is 10.6 Å². The van der Waals surface area contributed by atoms with Crippen LogP contribution in [0.25, 0.3) is 5.69 Å². The largest absolute Gasteiger partial charge is 0.351 e. The highest BCUT2D eigenvalue weighted by Crippen LogP contribution is 2.27. The maximum absolute atomic E-state index is 11.7. The zero-order valence-corrected chi connectivity index (χ0v) is 13.1. The summed E-state index contributed by atoms with van der Waals surface area (Å²) in [6.07, 6.45) is 5.74. The van der Waals surface area contributed by atoms with Gasteiger partial charge in [0, 0.05) is 6.54 Å². The van der Waals surface area contributed by atoms with Crippen molar-refractivity contribution >= 4 is 18.3 Å². The predicted molar refractivity (Wildman–Crippen MR) is 86.0 cm³/mol. The van der Waals surface area contributed by atoms with Gasteiger partial charge in [-0.2, -0.15) is 5.10 Å². The zero-order chi connectivity index (χ0) is 14.5. The van der Waals surface area contributed by atoms with Crippen molar-refractivity contribution < 1.29 is 4.79 Å². The fraction of sp³-hybridized carbons (Fsp3) is 0.400. The Morgan fingerprint density at radius 3 is 2.95 bits per heavy atom. The number of nitrogens with one attached hydrogen (secondary N) is 2. The number of carbonyl (C=O) groups is 1. The van der Waals surface area contributed by atoms with Crippen molar-refractivity contribution in [3.8, 4) is 5.69 Å². The monoisotopic (exact) mass is 321 g/mol. The smallest absolute Gasteiger partial charge is 0.234 e. The molecule has 1 fully saturated rings. The molecule has 1 aliphatic carbocycles. The summed E-state index contributed by atoms with van der Waals surface area (Å²) in [5.74, 6) is 0.818. The SMILES string of the molecule is Cl.O=C(CNCC1CC1)NCc1cccc(-n2cncn2)c1. The summed E-state index contributed by atoms with van der Waals surface area (Å²) >= 11 is 0. The van der Waals surface area contributed by atoms with Crippen LogP contribution < -0.4 is 10.6 Å². The number of halogens is 1. The second-order valence-electron chi connectivity index (χ2n) is 5.36. The number of rotatable bonds is 7. The number of aromatic nitrogens is 3. The number of hydrogen-bond acceptors (Lipinski definition) is 4. The summed E-state index contributed by atoms with van der Waals surface area (Å²) in [7, 11) is 0. The first kappa shape index (κ1) is 16.5. The van der Waals surface area contributed by atoms with Crippen molar-refractivity contribution in [2.75, 3.05) is 13.1 Å². The molecule has 2 N–H and O–H groups in total. The number of carbonyl (C=O) groups excluding carboxylic acids is 1. The lowest BCUT2D eigenvalue weighted by Crippen LogP contribution is -2.34. The van der Waals surface area contributed by atoms with Crippen LogP contribution in [0.1, 0.15) is 18.4 Å². The molecule has 0 unspecified atom stereocenters. The molecule has 1 amide bonds. The van der Waals surface area contributed by atoms with Crippen molar-refractivity contribution in [2.45, 2.75) is 19.4 Å². The van der Waals surface area contributed by atoms with Crippen LogP contribution in [0.2, 0.25) is 0 Å². The molecule has 1 aliphatic rings. The Labute approximate surface area is 135 Å². The molecule has 2 aromatic rings. The van der Waals surface area contributed by atoms with Crippen molar-refractivity contribution in [2.24, 2.45) is 5.92 Å². The highest BCUT2D eigenvalue weighted by Gasteiger charge is 2.20. The summed E-state index contributed by atoms with van der Waals surface area (Å²) in [5, 5.41) is 10.2. The first-order valence-electron chi connectivity index (χ1n) is 7.22. The van der Waals surface area contributed by atoms with Crippen molar-refractivity contribution in [3.63, 3.8) is 0 Å². The van der Waals surface area contributed by atoms with Crippen LogP contribution in [0.15, 0.2) is 36.9 Å². The lowest BCUT2D eigenvalue weighted by Gasteiger charge is -2.08. The van der Waals surface area contributed by atoms with Gasteiger partial charge in [-0.25, -0.2) is 9.67 Å². The van der Waals surface area contributed by atoms with Crippen molar-refractivity contribution in [1.29, 1.82) is 0 Å². The van der Waals surface area contributed by atoms with Gasteiger partial charge in [0.1, 0.15) is 12.7 Å². The first-order valence-corrected chi connectivity index (χ1v) is 7.22. The Balaban J connectivity index is 0.00000176. The molecule has 1 aromatic carbocycles. The van der Waals surface area contributed by atoms with Gasteiger partial charge >= 0.3 is 0 Å². The highest BCUT2D eigenvalue weighted by atomic mass is 35.5. The lowest BCUT2D eigenvalue weighted by atomic mass is 10.2. The Kier molecular flexibility index (Phi) is 5.91. The normalized spacial score (nSPS) is 13.5. The van der Waals surface area contributed by atoms with E-state index in [4.69, 9.17) is 0 Å². The summed E-state index contributed by atoms with van der Waals surface area (Å²) in [5.41, 5.74) is 1.98. The third-order valence-corrected chi connectivity index (χ3v) is 3.50.